The Kier molecular flexibility index (Phi) is 2.89. The molecule has 1 amide bonds. The molecule has 0 aromatic carbocycles. The summed E-state index contributed by atoms with van der Waals surface area (Å²) < 4.78 is 4.90. The summed E-state index contributed by atoms with van der Waals surface area (Å²) in [6.45, 7) is 4.70. The SMILES string of the molecule is C=CC(=O)N1CCCC(c2n[nH]c(=O)o2)C1. The topological polar surface area (TPSA) is 79.2 Å². The number of aromatic amines is 1. The van der Waals surface area contributed by atoms with Crippen LogP contribution in [0.5, 0.6) is 0 Å². The Morgan fingerprint density at radius 1 is 1.69 bits per heavy atom. The van der Waals surface area contributed by atoms with Gasteiger partial charge in [-0.3, -0.25) is 4.79 Å². The van der Waals surface area contributed by atoms with E-state index in [9.17, 15) is 9.59 Å². The third kappa shape index (κ3) is 2.05. The maximum atomic E-state index is 11.4. The molecule has 1 aromatic rings. The highest BCUT2D eigenvalue weighted by atomic mass is 16.4. The van der Waals surface area contributed by atoms with Gasteiger partial charge in [-0.15, -0.1) is 5.10 Å². The molecule has 86 valence electrons. The molecular weight excluding hydrogens is 210 g/mol. The Morgan fingerprint density at radius 2 is 2.50 bits per heavy atom. The molecule has 1 unspecified atom stereocenters. The van der Waals surface area contributed by atoms with Gasteiger partial charge in [-0.25, -0.2) is 9.89 Å². The first kappa shape index (κ1) is 10.7. The summed E-state index contributed by atoms with van der Waals surface area (Å²) in [6, 6.07) is 0. The number of aromatic nitrogens is 2. The summed E-state index contributed by atoms with van der Waals surface area (Å²) in [4.78, 5) is 23.9. The Morgan fingerprint density at radius 3 is 3.12 bits per heavy atom. The lowest BCUT2D eigenvalue weighted by Crippen LogP contribution is -2.38. The summed E-state index contributed by atoms with van der Waals surface area (Å²) in [6.07, 6.45) is 3.04. The standard InChI is InChI=1S/C10H13N3O3/c1-2-8(14)13-5-3-4-7(6-13)9-11-12-10(15)16-9/h2,7H,1,3-6H2,(H,12,15). The summed E-state index contributed by atoms with van der Waals surface area (Å²) in [5, 5.41) is 6.02. The zero-order valence-electron chi connectivity index (χ0n) is 8.81. The highest BCUT2D eigenvalue weighted by molar-refractivity contribution is 5.87. The number of hydrogen-bond acceptors (Lipinski definition) is 4. The predicted octanol–water partition coefficient (Wildman–Crippen LogP) is 0.255. The lowest BCUT2D eigenvalue weighted by molar-refractivity contribution is -0.127. The molecule has 0 saturated carbocycles. The first-order chi connectivity index (χ1) is 7.70. The molecule has 1 aromatic heterocycles. The monoisotopic (exact) mass is 223 g/mol. The van der Waals surface area contributed by atoms with Gasteiger partial charge in [0.1, 0.15) is 0 Å². The van der Waals surface area contributed by atoms with E-state index in [0.29, 0.717) is 12.4 Å². The molecular formula is C10H13N3O3. The third-order valence-corrected chi connectivity index (χ3v) is 2.71. The van der Waals surface area contributed by atoms with Crippen LogP contribution < -0.4 is 5.76 Å². The number of rotatable bonds is 2. The zero-order chi connectivity index (χ0) is 11.5. The lowest BCUT2D eigenvalue weighted by atomic mass is 9.98. The highest BCUT2D eigenvalue weighted by Crippen LogP contribution is 2.24. The van der Waals surface area contributed by atoms with Crippen LogP contribution in [-0.2, 0) is 4.79 Å². The van der Waals surface area contributed by atoms with E-state index in [1.807, 2.05) is 0 Å². The molecule has 1 N–H and O–H groups in total. The third-order valence-electron chi connectivity index (χ3n) is 2.71. The molecule has 2 rings (SSSR count). The van der Waals surface area contributed by atoms with Gasteiger partial charge in [-0.05, 0) is 18.9 Å². The van der Waals surface area contributed by atoms with Crippen LogP contribution in [0.4, 0.5) is 0 Å². The minimum atomic E-state index is -0.554. The second-order valence-corrected chi connectivity index (χ2v) is 3.78. The van der Waals surface area contributed by atoms with Crippen molar-refractivity contribution in [2.24, 2.45) is 0 Å². The molecule has 16 heavy (non-hydrogen) atoms. The van der Waals surface area contributed by atoms with Crippen molar-refractivity contribution in [1.82, 2.24) is 15.1 Å². The first-order valence-electron chi connectivity index (χ1n) is 5.17. The maximum absolute atomic E-state index is 11.4. The number of carbonyl (C=O) groups excluding carboxylic acids is 1. The Labute approximate surface area is 91.9 Å². The van der Waals surface area contributed by atoms with Crippen LogP contribution >= 0.6 is 0 Å². The minimum absolute atomic E-state index is 0.00315. The smallest absolute Gasteiger partial charge is 0.392 e. The first-order valence-corrected chi connectivity index (χ1v) is 5.17. The molecule has 6 heteroatoms. The Balaban J connectivity index is 2.10. The lowest BCUT2D eigenvalue weighted by Gasteiger charge is -2.30. The highest BCUT2D eigenvalue weighted by Gasteiger charge is 2.26. The summed E-state index contributed by atoms with van der Waals surface area (Å²) >= 11 is 0. The largest absolute Gasteiger partial charge is 0.434 e. The van der Waals surface area contributed by atoms with Crippen molar-refractivity contribution in [1.29, 1.82) is 0 Å². The number of nitrogens with one attached hydrogen (secondary N) is 1. The van der Waals surface area contributed by atoms with Crippen molar-refractivity contribution in [3.05, 3.63) is 29.1 Å². The normalized spacial score (nSPS) is 20.8. The van der Waals surface area contributed by atoms with Crippen LogP contribution in [0.3, 0.4) is 0 Å². The van der Waals surface area contributed by atoms with Crippen LogP contribution in [0.15, 0.2) is 21.9 Å². The summed E-state index contributed by atoms with van der Waals surface area (Å²) in [5.41, 5.74) is 0. The quantitative estimate of drug-likeness (QED) is 0.729. The molecule has 1 aliphatic heterocycles. The molecule has 0 bridgehead atoms. The van der Waals surface area contributed by atoms with Gasteiger partial charge in [0.2, 0.25) is 11.8 Å². The van der Waals surface area contributed by atoms with Gasteiger partial charge >= 0.3 is 5.76 Å². The van der Waals surface area contributed by atoms with E-state index in [2.05, 4.69) is 16.8 Å². The molecule has 0 aliphatic carbocycles. The van der Waals surface area contributed by atoms with E-state index in [1.165, 1.54) is 6.08 Å². The van der Waals surface area contributed by atoms with Gasteiger partial charge in [0, 0.05) is 13.1 Å². The van der Waals surface area contributed by atoms with Crippen LogP contribution in [0.25, 0.3) is 0 Å². The molecule has 6 nitrogen and oxygen atoms in total. The molecule has 0 radical (unpaired) electrons. The van der Waals surface area contributed by atoms with E-state index >= 15 is 0 Å². The van der Waals surface area contributed by atoms with Crippen LogP contribution in [0.2, 0.25) is 0 Å². The number of piperidine rings is 1. The van der Waals surface area contributed by atoms with Gasteiger partial charge < -0.3 is 9.32 Å². The zero-order valence-corrected chi connectivity index (χ0v) is 8.81. The van der Waals surface area contributed by atoms with Gasteiger partial charge in [-0.2, -0.15) is 0 Å². The Hall–Kier alpha value is -1.85. The van der Waals surface area contributed by atoms with Crippen LogP contribution in [0, 0.1) is 0 Å². The van der Waals surface area contributed by atoms with Gasteiger partial charge in [0.15, 0.2) is 0 Å². The van der Waals surface area contributed by atoms with Crippen LogP contribution in [-0.4, -0.2) is 34.1 Å². The molecule has 1 fully saturated rings. The number of nitrogens with zero attached hydrogens (tertiary/aromatic N) is 2. The molecule has 1 atom stereocenters. The fourth-order valence-electron chi connectivity index (χ4n) is 1.92. The average Bonchev–Trinajstić information content (AvgIpc) is 2.75. The predicted molar refractivity (Wildman–Crippen MR) is 55.9 cm³/mol. The van der Waals surface area contributed by atoms with E-state index in [-0.39, 0.29) is 11.8 Å². The van der Waals surface area contributed by atoms with Crippen molar-refractivity contribution in [2.75, 3.05) is 13.1 Å². The van der Waals surface area contributed by atoms with Crippen molar-refractivity contribution in [3.8, 4) is 0 Å². The van der Waals surface area contributed by atoms with Crippen molar-refractivity contribution < 1.29 is 9.21 Å². The van der Waals surface area contributed by atoms with E-state index in [4.69, 9.17) is 4.42 Å². The molecule has 2 heterocycles. The minimum Gasteiger partial charge on any atom is -0.392 e. The van der Waals surface area contributed by atoms with Crippen molar-refractivity contribution in [2.45, 2.75) is 18.8 Å². The number of H-pyrrole nitrogens is 1. The summed E-state index contributed by atoms with van der Waals surface area (Å²) in [7, 11) is 0. The number of hydrogen-bond donors (Lipinski definition) is 1. The van der Waals surface area contributed by atoms with E-state index in [0.717, 1.165) is 19.4 Å². The fourth-order valence-corrected chi connectivity index (χ4v) is 1.92. The average molecular weight is 223 g/mol. The number of amides is 1. The molecule has 1 saturated heterocycles. The maximum Gasteiger partial charge on any atom is 0.434 e. The fraction of sp³-hybridized carbons (Fsp3) is 0.500. The van der Waals surface area contributed by atoms with Crippen molar-refractivity contribution >= 4 is 5.91 Å². The van der Waals surface area contributed by atoms with Crippen molar-refractivity contribution in [3.63, 3.8) is 0 Å². The van der Waals surface area contributed by atoms with Gasteiger partial charge in [0.25, 0.3) is 0 Å². The van der Waals surface area contributed by atoms with E-state index < -0.39 is 5.76 Å². The second-order valence-electron chi connectivity index (χ2n) is 3.78. The Bertz CT molecular complexity index is 448. The summed E-state index contributed by atoms with van der Waals surface area (Å²) in [5.74, 6) is -0.270. The molecule has 0 spiro atoms. The number of likely N-dealkylation sites (tertiary alicyclic amines) is 1. The number of carbonyl (C=O) groups is 1. The second kappa shape index (κ2) is 4.34. The van der Waals surface area contributed by atoms with Gasteiger partial charge in [0.05, 0.1) is 5.92 Å². The van der Waals surface area contributed by atoms with E-state index in [1.54, 1.807) is 4.90 Å². The van der Waals surface area contributed by atoms with Gasteiger partial charge in [-0.1, -0.05) is 6.58 Å². The van der Waals surface area contributed by atoms with Crippen LogP contribution in [0.1, 0.15) is 24.7 Å². The molecule has 1 aliphatic rings.